The molecule has 0 amide bonds. The van der Waals surface area contributed by atoms with E-state index in [1.807, 2.05) is 37.3 Å². The molecule has 0 bridgehead atoms. The fourth-order valence-corrected chi connectivity index (χ4v) is 2.45. The minimum atomic E-state index is 0.0445. The van der Waals surface area contributed by atoms with Crippen molar-refractivity contribution in [2.24, 2.45) is 0 Å². The molecule has 0 radical (unpaired) electrons. The molecule has 20 heavy (non-hydrogen) atoms. The van der Waals surface area contributed by atoms with Crippen molar-refractivity contribution in [3.8, 4) is 6.07 Å². The van der Waals surface area contributed by atoms with Gasteiger partial charge in [-0.05, 0) is 48.4 Å². The van der Waals surface area contributed by atoms with Crippen LogP contribution in [0.5, 0.6) is 0 Å². The van der Waals surface area contributed by atoms with E-state index >= 15 is 0 Å². The van der Waals surface area contributed by atoms with Gasteiger partial charge in [-0.25, -0.2) is 0 Å². The van der Waals surface area contributed by atoms with Gasteiger partial charge in [-0.3, -0.25) is 0 Å². The molecule has 2 aromatic rings. The van der Waals surface area contributed by atoms with Gasteiger partial charge in [0, 0.05) is 15.7 Å². The molecule has 2 aromatic carbocycles. The van der Waals surface area contributed by atoms with E-state index < -0.39 is 0 Å². The third-order valence-electron chi connectivity index (χ3n) is 3.04. The Morgan fingerprint density at radius 3 is 2.50 bits per heavy atom. The average molecular weight is 305 g/mol. The van der Waals surface area contributed by atoms with Crippen LogP contribution in [-0.2, 0) is 6.42 Å². The Hall–Kier alpha value is -1.69. The molecule has 1 atom stereocenters. The van der Waals surface area contributed by atoms with Crippen molar-refractivity contribution in [3.05, 3.63) is 63.6 Å². The van der Waals surface area contributed by atoms with E-state index in [9.17, 15) is 0 Å². The lowest BCUT2D eigenvalue weighted by molar-refractivity contribution is 0.885. The second-order valence-electron chi connectivity index (χ2n) is 4.56. The number of nitrogens with one attached hydrogen (secondary N) is 1. The molecule has 1 unspecified atom stereocenters. The van der Waals surface area contributed by atoms with Crippen molar-refractivity contribution >= 4 is 28.9 Å². The summed E-state index contributed by atoms with van der Waals surface area (Å²) in [6, 6.07) is 15.4. The summed E-state index contributed by atoms with van der Waals surface area (Å²) in [7, 11) is 0. The van der Waals surface area contributed by atoms with Gasteiger partial charge in [-0.15, -0.1) is 0 Å². The fourth-order valence-electron chi connectivity index (χ4n) is 1.98. The van der Waals surface area contributed by atoms with E-state index in [1.165, 1.54) is 0 Å². The molecule has 0 aliphatic rings. The van der Waals surface area contributed by atoms with Gasteiger partial charge in [0.25, 0.3) is 0 Å². The van der Waals surface area contributed by atoms with E-state index in [1.54, 1.807) is 12.1 Å². The van der Waals surface area contributed by atoms with E-state index in [2.05, 4.69) is 11.4 Å². The highest BCUT2D eigenvalue weighted by Crippen LogP contribution is 2.28. The standard InChI is InChI=1S/C16H14Cl2N2/c1-11(15-10-13(17)4-7-16(15)18)20-14-5-2-12(3-6-14)8-9-19/h2-7,10-11,20H,8H2,1H3. The van der Waals surface area contributed by atoms with Gasteiger partial charge >= 0.3 is 0 Å². The molecule has 0 aliphatic carbocycles. The van der Waals surface area contributed by atoms with Gasteiger partial charge in [0.15, 0.2) is 0 Å². The van der Waals surface area contributed by atoms with Crippen LogP contribution in [0.4, 0.5) is 5.69 Å². The van der Waals surface area contributed by atoms with Crippen LogP contribution < -0.4 is 5.32 Å². The maximum absolute atomic E-state index is 8.65. The fraction of sp³-hybridized carbons (Fsp3) is 0.188. The Bertz CT molecular complexity index is 630. The van der Waals surface area contributed by atoms with Crippen LogP contribution in [0.15, 0.2) is 42.5 Å². The van der Waals surface area contributed by atoms with E-state index in [0.29, 0.717) is 16.5 Å². The number of halogens is 2. The monoisotopic (exact) mass is 304 g/mol. The Morgan fingerprint density at radius 1 is 1.15 bits per heavy atom. The van der Waals surface area contributed by atoms with Gasteiger partial charge in [0.2, 0.25) is 0 Å². The number of hydrogen-bond donors (Lipinski definition) is 1. The van der Waals surface area contributed by atoms with E-state index in [4.69, 9.17) is 28.5 Å². The third kappa shape index (κ3) is 3.66. The summed E-state index contributed by atoms with van der Waals surface area (Å²) in [6.07, 6.45) is 0.427. The summed E-state index contributed by atoms with van der Waals surface area (Å²) in [5, 5.41) is 13.4. The SMILES string of the molecule is CC(Nc1ccc(CC#N)cc1)c1cc(Cl)ccc1Cl. The Kier molecular flexibility index (Phi) is 4.89. The first kappa shape index (κ1) is 14.7. The number of anilines is 1. The number of nitriles is 1. The third-order valence-corrected chi connectivity index (χ3v) is 3.62. The number of hydrogen-bond acceptors (Lipinski definition) is 2. The average Bonchev–Trinajstić information content (AvgIpc) is 2.44. The van der Waals surface area contributed by atoms with Gasteiger partial charge in [-0.1, -0.05) is 35.3 Å². The Morgan fingerprint density at radius 2 is 1.85 bits per heavy atom. The molecule has 102 valence electrons. The summed E-state index contributed by atoms with van der Waals surface area (Å²) in [5.74, 6) is 0. The molecular weight excluding hydrogens is 291 g/mol. The molecule has 0 heterocycles. The quantitative estimate of drug-likeness (QED) is 0.839. The molecular formula is C16H14Cl2N2. The molecule has 0 aliphatic heterocycles. The lowest BCUT2D eigenvalue weighted by atomic mass is 10.1. The lowest BCUT2D eigenvalue weighted by Gasteiger charge is -2.17. The van der Waals surface area contributed by atoms with Gasteiger partial charge in [0.1, 0.15) is 0 Å². The van der Waals surface area contributed by atoms with Crippen molar-refractivity contribution in [1.29, 1.82) is 5.26 Å². The minimum Gasteiger partial charge on any atom is -0.378 e. The Balaban J connectivity index is 2.13. The molecule has 0 spiro atoms. The smallest absolute Gasteiger partial charge is 0.0669 e. The summed E-state index contributed by atoms with van der Waals surface area (Å²) >= 11 is 12.2. The van der Waals surface area contributed by atoms with E-state index in [-0.39, 0.29) is 6.04 Å². The van der Waals surface area contributed by atoms with Crippen molar-refractivity contribution in [2.75, 3.05) is 5.32 Å². The molecule has 0 saturated heterocycles. The summed E-state index contributed by atoms with van der Waals surface area (Å²) in [4.78, 5) is 0. The van der Waals surface area contributed by atoms with Crippen LogP contribution in [0.3, 0.4) is 0 Å². The largest absolute Gasteiger partial charge is 0.378 e. The predicted molar refractivity (Wildman–Crippen MR) is 84.3 cm³/mol. The zero-order chi connectivity index (χ0) is 14.5. The molecule has 4 heteroatoms. The molecule has 1 N–H and O–H groups in total. The lowest BCUT2D eigenvalue weighted by Crippen LogP contribution is -2.07. The second-order valence-corrected chi connectivity index (χ2v) is 5.41. The summed E-state index contributed by atoms with van der Waals surface area (Å²) in [6.45, 7) is 2.03. The molecule has 0 fully saturated rings. The first-order valence-electron chi connectivity index (χ1n) is 6.27. The first-order valence-corrected chi connectivity index (χ1v) is 7.03. The topological polar surface area (TPSA) is 35.8 Å². The van der Waals surface area contributed by atoms with Crippen LogP contribution in [-0.4, -0.2) is 0 Å². The number of nitrogens with zero attached hydrogens (tertiary/aromatic N) is 1. The van der Waals surface area contributed by atoms with Gasteiger partial charge in [-0.2, -0.15) is 5.26 Å². The van der Waals surface area contributed by atoms with Crippen molar-refractivity contribution < 1.29 is 0 Å². The van der Waals surface area contributed by atoms with Crippen molar-refractivity contribution in [1.82, 2.24) is 0 Å². The predicted octanol–water partition coefficient (Wildman–Crippen LogP) is 5.23. The number of benzene rings is 2. The maximum Gasteiger partial charge on any atom is 0.0669 e. The highest BCUT2D eigenvalue weighted by Gasteiger charge is 2.10. The normalized spacial score (nSPS) is 11.7. The van der Waals surface area contributed by atoms with Gasteiger partial charge < -0.3 is 5.32 Å². The first-order chi connectivity index (χ1) is 9.60. The summed E-state index contributed by atoms with van der Waals surface area (Å²) in [5.41, 5.74) is 2.95. The van der Waals surface area contributed by atoms with Crippen molar-refractivity contribution in [2.45, 2.75) is 19.4 Å². The van der Waals surface area contributed by atoms with Crippen LogP contribution in [0, 0.1) is 11.3 Å². The molecule has 2 rings (SSSR count). The second kappa shape index (κ2) is 6.65. The highest BCUT2D eigenvalue weighted by molar-refractivity contribution is 6.33. The molecule has 0 saturated carbocycles. The minimum absolute atomic E-state index is 0.0445. The zero-order valence-electron chi connectivity index (χ0n) is 11.0. The van der Waals surface area contributed by atoms with Crippen LogP contribution in [0.1, 0.15) is 24.1 Å². The van der Waals surface area contributed by atoms with Crippen LogP contribution >= 0.6 is 23.2 Å². The van der Waals surface area contributed by atoms with Crippen LogP contribution in [0.25, 0.3) is 0 Å². The Labute approximate surface area is 128 Å². The molecule has 0 aromatic heterocycles. The van der Waals surface area contributed by atoms with Gasteiger partial charge in [0.05, 0.1) is 18.5 Å². The summed E-state index contributed by atoms with van der Waals surface area (Å²) < 4.78 is 0. The highest BCUT2D eigenvalue weighted by atomic mass is 35.5. The maximum atomic E-state index is 8.65. The molecule has 2 nitrogen and oxygen atoms in total. The van der Waals surface area contributed by atoms with E-state index in [0.717, 1.165) is 16.8 Å². The van der Waals surface area contributed by atoms with Crippen molar-refractivity contribution in [3.63, 3.8) is 0 Å². The number of rotatable bonds is 4. The van der Waals surface area contributed by atoms with Crippen LogP contribution in [0.2, 0.25) is 10.0 Å². The zero-order valence-corrected chi connectivity index (χ0v) is 12.5.